The molecule has 3 heterocycles. The molecule has 10 heteroatoms. The lowest BCUT2D eigenvalue weighted by Crippen LogP contribution is -2.52. The molecule has 0 bridgehead atoms. The maximum absolute atomic E-state index is 12.3. The molecule has 0 unspecified atom stereocenters. The summed E-state index contributed by atoms with van der Waals surface area (Å²) in [7, 11) is 1.71. The van der Waals surface area contributed by atoms with Crippen molar-refractivity contribution in [2.45, 2.75) is 12.7 Å². The summed E-state index contributed by atoms with van der Waals surface area (Å²) in [6.45, 7) is 2.25. The van der Waals surface area contributed by atoms with Gasteiger partial charge in [0, 0.05) is 58.2 Å². The van der Waals surface area contributed by atoms with Crippen molar-refractivity contribution >= 4 is 11.8 Å². The number of nitrogens with zero attached hydrogens (tertiary/aromatic N) is 5. The number of ether oxygens (including phenoxy) is 1. The molecule has 1 aliphatic rings. The standard InChI is InChI=1S/C19H23F3N6O/c1-23-18(28-10-8-27(9-11-28)16-4-2-3-6-24-16)26-13-15-5-7-25-17(12-15)29-14-19(20,21)22/h2-7,12H,8-11,13-14H2,1H3,(H,23,26). The van der Waals surface area contributed by atoms with E-state index in [4.69, 9.17) is 4.74 Å². The van der Waals surface area contributed by atoms with Gasteiger partial charge in [0.1, 0.15) is 5.82 Å². The van der Waals surface area contributed by atoms with Gasteiger partial charge in [-0.2, -0.15) is 13.2 Å². The predicted molar refractivity (Wildman–Crippen MR) is 104 cm³/mol. The minimum Gasteiger partial charge on any atom is -0.468 e. The number of rotatable bonds is 5. The van der Waals surface area contributed by atoms with E-state index < -0.39 is 12.8 Å². The zero-order valence-electron chi connectivity index (χ0n) is 16.1. The lowest BCUT2D eigenvalue weighted by atomic mass is 10.2. The van der Waals surface area contributed by atoms with Gasteiger partial charge in [-0.05, 0) is 23.8 Å². The molecule has 1 N–H and O–H groups in total. The Bertz CT molecular complexity index is 807. The average molecular weight is 408 g/mol. The van der Waals surface area contributed by atoms with E-state index in [1.165, 1.54) is 12.3 Å². The molecule has 0 radical (unpaired) electrons. The van der Waals surface area contributed by atoms with Crippen LogP contribution < -0.4 is 15.0 Å². The van der Waals surface area contributed by atoms with Crippen molar-refractivity contribution in [2.24, 2.45) is 4.99 Å². The van der Waals surface area contributed by atoms with Crippen molar-refractivity contribution in [3.8, 4) is 5.88 Å². The Morgan fingerprint density at radius 1 is 1.14 bits per heavy atom. The van der Waals surface area contributed by atoms with E-state index in [1.807, 2.05) is 18.2 Å². The molecule has 29 heavy (non-hydrogen) atoms. The number of nitrogens with one attached hydrogen (secondary N) is 1. The number of pyridine rings is 2. The van der Waals surface area contributed by atoms with Crippen LogP contribution in [0.3, 0.4) is 0 Å². The van der Waals surface area contributed by atoms with Crippen LogP contribution in [0.4, 0.5) is 19.0 Å². The monoisotopic (exact) mass is 408 g/mol. The number of anilines is 1. The smallest absolute Gasteiger partial charge is 0.422 e. The van der Waals surface area contributed by atoms with Crippen molar-refractivity contribution < 1.29 is 17.9 Å². The van der Waals surface area contributed by atoms with Crippen LogP contribution in [0.1, 0.15) is 5.56 Å². The number of guanidine groups is 1. The molecule has 0 spiro atoms. The maximum atomic E-state index is 12.3. The van der Waals surface area contributed by atoms with Gasteiger partial charge < -0.3 is 19.9 Å². The van der Waals surface area contributed by atoms with Crippen LogP contribution in [0, 0.1) is 0 Å². The van der Waals surface area contributed by atoms with E-state index in [-0.39, 0.29) is 5.88 Å². The summed E-state index contributed by atoms with van der Waals surface area (Å²) in [6, 6.07) is 9.07. The molecular formula is C19H23F3N6O. The second kappa shape index (κ2) is 9.44. The second-order valence-corrected chi connectivity index (χ2v) is 6.47. The first-order valence-corrected chi connectivity index (χ1v) is 9.20. The molecule has 0 aromatic carbocycles. The molecule has 1 saturated heterocycles. The first-order chi connectivity index (χ1) is 13.9. The van der Waals surface area contributed by atoms with Crippen LogP contribution in [0.15, 0.2) is 47.7 Å². The molecule has 0 amide bonds. The van der Waals surface area contributed by atoms with Crippen LogP contribution in [-0.4, -0.2) is 66.8 Å². The third-order valence-electron chi connectivity index (χ3n) is 4.40. The number of alkyl halides is 3. The average Bonchev–Trinajstić information content (AvgIpc) is 2.74. The Morgan fingerprint density at radius 2 is 1.93 bits per heavy atom. The Hall–Kier alpha value is -3.04. The van der Waals surface area contributed by atoms with Crippen molar-refractivity contribution in [2.75, 3.05) is 44.7 Å². The molecule has 7 nitrogen and oxygen atoms in total. The Morgan fingerprint density at radius 3 is 2.59 bits per heavy atom. The fourth-order valence-corrected chi connectivity index (χ4v) is 3.00. The van der Waals surface area contributed by atoms with Crippen LogP contribution in [0.5, 0.6) is 5.88 Å². The largest absolute Gasteiger partial charge is 0.468 e. The quantitative estimate of drug-likeness (QED) is 0.605. The highest BCUT2D eigenvalue weighted by Crippen LogP contribution is 2.18. The van der Waals surface area contributed by atoms with Crippen molar-refractivity contribution in [1.29, 1.82) is 0 Å². The van der Waals surface area contributed by atoms with E-state index in [9.17, 15) is 13.2 Å². The molecule has 0 atom stereocenters. The summed E-state index contributed by atoms with van der Waals surface area (Å²) >= 11 is 0. The van der Waals surface area contributed by atoms with Crippen molar-refractivity contribution in [3.63, 3.8) is 0 Å². The first-order valence-electron chi connectivity index (χ1n) is 9.20. The van der Waals surface area contributed by atoms with E-state index in [1.54, 1.807) is 19.3 Å². The van der Waals surface area contributed by atoms with Gasteiger partial charge in [-0.3, -0.25) is 4.99 Å². The van der Waals surface area contributed by atoms with Gasteiger partial charge in [-0.1, -0.05) is 6.07 Å². The molecule has 156 valence electrons. The van der Waals surface area contributed by atoms with E-state index in [0.717, 1.165) is 43.5 Å². The Labute approximate surface area is 167 Å². The number of aromatic nitrogens is 2. The van der Waals surface area contributed by atoms with Crippen LogP contribution >= 0.6 is 0 Å². The lowest BCUT2D eigenvalue weighted by Gasteiger charge is -2.37. The van der Waals surface area contributed by atoms with Gasteiger partial charge >= 0.3 is 6.18 Å². The second-order valence-electron chi connectivity index (χ2n) is 6.47. The van der Waals surface area contributed by atoms with E-state index >= 15 is 0 Å². The number of hydrogen-bond acceptors (Lipinski definition) is 5. The summed E-state index contributed by atoms with van der Waals surface area (Å²) in [4.78, 5) is 16.9. The van der Waals surface area contributed by atoms with Crippen LogP contribution in [0.25, 0.3) is 0 Å². The molecule has 2 aromatic rings. The lowest BCUT2D eigenvalue weighted by molar-refractivity contribution is -0.154. The van der Waals surface area contributed by atoms with Gasteiger partial charge in [0.15, 0.2) is 12.6 Å². The molecule has 0 saturated carbocycles. The van der Waals surface area contributed by atoms with Crippen LogP contribution in [-0.2, 0) is 6.54 Å². The zero-order valence-corrected chi connectivity index (χ0v) is 16.1. The fraction of sp³-hybridized carbons (Fsp3) is 0.421. The summed E-state index contributed by atoms with van der Waals surface area (Å²) in [6.07, 6.45) is -1.18. The minimum atomic E-state index is -4.39. The summed E-state index contributed by atoms with van der Waals surface area (Å²) in [5.41, 5.74) is 0.755. The molecule has 0 aliphatic carbocycles. The van der Waals surface area contributed by atoms with Crippen LogP contribution in [0.2, 0.25) is 0 Å². The summed E-state index contributed by atoms with van der Waals surface area (Å²) in [5, 5.41) is 3.25. The highest BCUT2D eigenvalue weighted by Gasteiger charge is 2.28. The fourth-order valence-electron chi connectivity index (χ4n) is 3.00. The molecule has 2 aromatic heterocycles. The SMILES string of the molecule is CN=C(NCc1ccnc(OCC(F)(F)F)c1)N1CCN(c2ccccn2)CC1. The highest BCUT2D eigenvalue weighted by molar-refractivity contribution is 5.80. The zero-order chi connectivity index (χ0) is 20.7. The Balaban J connectivity index is 1.51. The topological polar surface area (TPSA) is 65.9 Å². The number of piperazine rings is 1. The summed E-state index contributed by atoms with van der Waals surface area (Å²) in [5.74, 6) is 1.64. The van der Waals surface area contributed by atoms with E-state index in [0.29, 0.717) is 6.54 Å². The van der Waals surface area contributed by atoms with Gasteiger partial charge in [-0.25, -0.2) is 9.97 Å². The molecule has 3 rings (SSSR count). The highest BCUT2D eigenvalue weighted by atomic mass is 19.4. The first kappa shape index (κ1) is 20.7. The Kier molecular flexibility index (Phi) is 6.73. The molecule has 1 fully saturated rings. The van der Waals surface area contributed by atoms with Gasteiger partial charge in [-0.15, -0.1) is 0 Å². The van der Waals surface area contributed by atoms with Gasteiger partial charge in [0.25, 0.3) is 0 Å². The third-order valence-corrected chi connectivity index (χ3v) is 4.40. The minimum absolute atomic E-state index is 0.0550. The normalized spacial score (nSPS) is 15.4. The third kappa shape index (κ3) is 6.23. The molecular weight excluding hydrogens is 385 g/mol. The molecule has 1 aliphatic heterocycles. The van der Waals surface area contributed by atoms with E-state index in [2.05, 4.69) is 30.1 Å². The number of aliphatic imine (C=N–C) groups is 1. The summed E-state index contributed by atoms with van der Waals surface area (Å²) < 4.78 is 41.6. The number of halogens is 3. The van der Waals surface area contributed by atoms with Crippen molar-refractivity contribution in [1.82, 2.24) is 20.2 Å². The number of hydrogen-bond donors (Lipinski definition) is 1. The van der Waals surface area contributed by atoms with Gasteiger partial charge in [0.2, 0.25) is 5.88 Å². The van der Waals surface area contributed by atoms with Gasteiger partial charge in [0.05, 0.1) is 0 Å². The predicted octanol–water partition coefficient (Wildman–Crippen LogP) is 2.32. The maximum Gasteiger partial charge on any atom is 0.422 e. The van der Waals surface area contributed by atoms with Crippen molar-refractivity contribution in [3.05, 3.63) is 48.3 Å².